The highest BCUT2D eigenvalue weighted by atomic mass is 16.2. The summed E-state index contributed by atoms with van der Waals surface area (Å²) in [5, 5.41) is 4.25. The number of carbonyl (C=O) groups is 1. The van der Waals surface area contributed by atoms with Crippen LogP contribution in [0.4, 0.5) is 0 Å². The topological polar surface area (TPSA) is 41.4 Å². The minimum absolute atomic E-state index is 0.125. The second-order valence-corrected chi connectivity index (χ2v) is 7.40. The van der Waals surface area contributed by atoms with E-state index in [1.54, 1.807) is 6.20 Å². The van der Waals surface area contributed by atoms with E-state index in [0.717, 1.165) is 39.0 Å². The van der Waals surface area contributed by atoms with Crippen molar-refractivity contribution in [2.45, 2.75) is 44.8 Å². The molecule has 1 aromatic heterocycles. The van der Waals surface area contributed by atoms with Crippen LogP contribution in [-0.4, -0.2) is 51.2 Å². The molecule has 5 nitrogen and oxygen atoms in total. The molecule has 4 rings (SSSR count). The minimum Gasteiger partial charge on any atom is -0.341 e. The van der Waals surface area contributed by atoms with Gasteiger partial charge in [-0.3, -0.25) is 14.4 Å². The molecular weight excluding hydrogens is 324 g/mol. The van der Waals surface area contributed by atoms with Crippen LogP contribution in [0, 0.1) is 5.92 Å². The number of nitrogens with zero attached hydrogens (tertiary/aromatic N) is 4. The molecule has 0 saturated carbocycles. The van der Waals surface area contributed by atoms with Crippen molar-refractivity contribution in [1.82, 2.24) is 19.6 Å². The van der Waals surface area contributed by atoms with E-state index in [1.807, 2.05) is 21.8 Å². The van der Waals surface area contributed by atoms with Crippen LogP contribution >= 0.6 is 0 Å². The lowest BCUT2D eigenvalue weighted by molar-refractivity contribution is -0.136. The van der Waals surface area contributed by atoms with Gasteiger partial charge in [-0.25, -0.2) is 0 Å². The third-order valence-corrected chi connectivity index (χ3v) is 6.04. The van der Waals surface area contributed by atoms with Crippen molar-refractivity contribution in [3.63, 3.8) is 0 Å². The molecule has 0 spiro atoms. The van der Waals surface area contributed by atoms with E-state index in [1.165, 1.54) is 12.0 Å². The van der Waals surface area contributed by atoms with Crippen molar-refractivity contribution in [2.24, 2.45) is 5.92 Å². The molecule has 138 valence electrons. The van der Waals surface area contributed by atoms with E-state index in [-0.39, 0.29) is 5.92 Å². The van der Waals surface area contributed by atoms with Gasteiger partial charge in [0.25, 0.3) is 0 Å². The summed E-state index contributed by atoms with van der Waals surface area (Å²) in [6, 6.07) is 13.4. The predicted molar refractivity (Wildman–Crippen MR) is 101 cm³/mol. The molecule has 0 N–H and O–H groups in total. The molecule has 1 aromatic carbocycles. The highest BCUT2D eigenvalue weighted by molar-refractivity contribution is 5.80. The number of fused-ring (bicyclic) bond motifs is 1. The Morgan fingerprint density at radius 1 is 1.27 bits per heavy atom. The molecular formula is C21H28N4O. The van der Waals surface area contributed by atoms with Crippen LogP contribution in [0.1, 0.15) is 37.8 Å². The molecule has 2 fully saturated rings. The second kappa shape index (κ2) is 7.62. The van der Waals surface area contributed by atoms with Gasteiger partial charge in [-0.15, -0.1) is 0 Å². The lowest BCUT2D eigenvalue weighted by Crippen LogP contribution is -2.42. The van der Waals surface area contributed by atoms with E-state index < -0.39 is 0 Å². The highest BCUT2D eigenvalue weighted by Crippen LogP contribution is 2.45. The Bertz CT molecular complexity index is 715. The van der Waals surface area contributed by atoms with Gasteiger partial charge in [0, 0.05) is 37.6 Å². The second-order valence-electron chi connectivity index (χ2n) is 7.40. The molecule has 0 unspecified atom stereocenters. The summed E-state index contributed by atoms with van der Waals surface area (Å²) < 4.78 is 1.90. The van der Waals surface area contributed by atoms with Gasteiger partial charge in [0.2, 0.25) is 5.91 Å². The van der Waals surface area contributed by atoms with E-state index in [0.29, 0.717) is 18.0 Å². The Morgan fingerprint density at radius 3 is 2.85 bits per heavy atom. The zero-order valence-corrected chi connectivity index (χ0v) is 15.5. The SMILES string of the molecule is CCN(CCn1cccn1)C(=O)[C@@H]1C[C@H](c2ccccc2)N2CCC[C@@H]12. The summed E-state index contributed by atoms with van der Waals surface area (Å²) in [6.45, 7) is 5.45. The first-order valence-electron chi connectivity index (χ1n) is 9.85. The number of aromatic nitrogens is 2. The summed E-state index contributed by atoms with van der Waals surface area (Å²) >= 11 is 0. The van der Waals surface area contributed by atoms with E-state index in [9.17, 15) is 4.79 Å². The first-order valence-corrected chi connectivity index (χ1v) is 9.85. The van der Waals surface area contributed by atoms with Crippen LogP contribution in [-0.2, 0) is 11.3 Å². The minimum atomic E-state index is 0.125. The Labute approximate surface area is 155 Å². The lowest BCUT2D eigenvalue weighted by atomic mass is 9.93. The van der Waals surface area contributed by atoms with Gasteiger partial charge in [0.15, 0.2) is 0 Å². The fourth-order valence-electron chi connectivity index (χ4n) is 4.75. The van der Waals surface area contributed by atoms with Crippen molar-refractivity contribution >= 4 is 5.91 Å². The third kappa shape index (κ3) is 3.28. The first kappa shape index (κ1) is 17.3. The molecule has 0 radical (unpaired) electrons. The van der Waals surface area contributed by atoms with Gasteiger partial charge in [0.05, 0.1) is 12.5 Å². The standard InChI is InChI=1S/C21H28N4O/c1-2-23(14-15-24-12-7-11-22-24)21(26)18-16-20(17-8-4-3-5-9-17)25-13-6-10-19(18)25/h3-5,7-9,11-12,18-20H,2,6,10,13-16H2,1H3/t18-,19+,20-/m1/s1. The monoisotopic (exact) mass is 352 g/mol. The first-order chi connectivity index (χ1) is 12.8. The van der Waals surface area contributed by atoms with Gasteiger partial charge in [-0.05, 0) is 44.4 Å². The third-order valence-electron chi connectivity index (χ3n) is 6.04. The molecule has 0 bridgehead atoms. The number of amides is 1. The van der Waals surface area contributed by atoms with Gasteiger partial charge < -0.3 is 4.90 Å². The van der Waals surface area contributed by atoms with E-state index >= 15 is 0 Å². The largest absolute Gasteiger partial charge is 0.341 e. The molecule has 0 aliphatic carbocycles. The summed E-state index contributed by atoms with van der Waals surface area (Å²) in [6.07, 6.45) is 7.05. The van der Waals surface area contributed by atoms with E-state index in [4.69, 9.17) is 0 Å². The van der Waals surface area contributed by atoms with Gasteiger partial charge in [0.1, 0.15) is 0 Å². The Morgan fingerprint density at radius 2 is 2.12 bits per heavy atom. The summed E-state index contributed by atoms with van der Waals surface area (Å²) in [7, 11) is 0. The zero-order valence-electron chi connectivity index (χ0n) is 15.5. The summed E-state index contributed by atoms with van der Waals surface area (Å²) in [4.78, 5) is 17.9. The van der Waals surface area contributed by atoms with Crippen LogP contribution < -0.4 is 0 Å². The van der Waals surface area contributed by atoms with Gasteiger partial charge in [-0.2, -0.15) is 5.10 Å². The molecule has 2 aromatic rings. The maximum Gasteiger partial charge on any atom is 0.227 e. The van der Waals surface area contributed by atoms with Crippen molar-refractivity contribution in [3.05, 3.63) is 54.4 Å². The van der Waals surface area contributed by atoms with Gasteiger partial charge in [-0.1, -0.05) is 30.3 Å². The average molecular weight is 352 g/mol. The number of carbonyl (C=O) groups excluding carboxylic acids is 1. The molecule has 3 atom stereocenters. The lowest BCUT2D eigenvalue weighted by Gasteiger charge is -2.27. The molecule has 1 amide bonds. The highest BCUT2D eigenvalue weighted by Gasteiger charge is 2.47. The van der Waals surface area contributed by atoms with Gasteiger partial charge >= 0.3 is 0 Å². The number of hydrogen-bond acceptors (Lipinski definition) is 3. The number of hydrogen-bond donors (Lipinski definition) is 0. The number of benzene rings is 1. The van der Waals surface area contributed by atoms with Crippen LogP contribution in [0.25, 0.3) is 0 Å². The Balaban J connectivity index is 1.47. The molecule has 3 heterocycles. The van der Waals surface area contributed by atoms with E-state index in [2.05, 4.69) is 47.3 Å². The van der Waals surface area contributed by atoms with Crippen molar-refractivity contribution in [2.75, 3.05) is 19.6 Å². The van der Waals surface area contributed by atoms with Crippen LogP contribution in [0.15, 0.2) is 48.8 Å². The number of rotatable bonds is 6. The normalized spacial score (nSPS) is 25.3. The van der Waals surface area contributed by atoms with Crippen molar-refractivity contribution in [3.8, 4) is 0 Å². The van der Waals surface area contributed by atoms with Crippen molar-refractivity contribution < 1.29 is 4.79 Å². The summed E-state index contributed by atoms with van der Waals surface area (Å²) in [5.74, 6) is 0.454. The molecule has 26 heavy (non-hydrogen) atoms. The fourth-order valence-corrected chi connectivity index (χ4v) is 4.75. The fraction of sp³-hybridized carbons (Fsp3) is 0.524. The van der Waals surface area contributed by atoms with Crippen LogP contribution in [0.5, 0.6) is 0 Å². The molecule has 2 aliphatic heterocycles. The molecule has 5 heteroatoms. The molecule has 2 aliphatic rings. The van der Waals surface area contributed by atoms with Crippen molar-refractivity contribution in [1.29, 1.82) is 0 Å². The predicted octanol–water partition coefficient (Wildman–Crippen LogP) is 2.96. The van der Waals surface area contributed by atoms with Crippen LogP contribution in [0.2, 0.25) is 0 Å². The molecule has 2 saturated heterocycles. The average Bonchev–Trinajstić information content (AvgIpc) is 3.40. The Kier molecular flexibility index (Phi) is 5.07. The summed E-state index contributed by atoms with van der Waals surface area (Å²) in [5.41, 5.74) is 1.36. The maximum absolute atomic E-state index is 13.3. The van der Waals surface area contributed by atoms with Crippen LogP contribution in [0.3, 0.4) is 0 Å². The quantitative estimate of drug-likeness (QED) is 0.803. The zero-order chi connectivity index (χ0) is 17.9. The number of likely N-dealkylation sites (N-methyl/N-ethyl adjacent to an activating group) is 1. The Hall–Kier alpha value is -2.14. The maximum atomic E-state index is 13.3. The smallest absolute Gasteiger partial charge is 0.227 e.